The molecule has 0 bridgehead atoms. The minimum atomic E-state index is -0.221. The van der Waals surface area contributed by atoms with E-state index in [9.17, 15) is 4.79 Å². The van der Waals surface area contributed by atoms with Crippen LogP contribution in [0.1, 0.15) is 12.0 Å². The third-order valence-corrected chi connectivity index (χ3v) is 4.78. The maximum Gasteiger partial charge on any atom is 0.315 e. The zero-order chi connectivity index (χ0) is 19.3. The van der Waals surface area contributed by atoms with E-state index in [2.05, 4.69) is 20.2 Å². The van der Waals surface area contributed by atoms with Crippen LogP contribution in [0.4, 0.5) is 4.79 Å². The van der Waals surface area contributed by atoms with Crippen LogP contribution < -0.4 is 20.1 Å². The van der Waals surface area contributed by atoms with Crippen LogP contribution in [0.5, 0.6) is 11.5 Å². The average molecular weight is 401 g/mol. The van der Waals surface area contributed by atoms with Crippen LogP contribution in [-0.2, 0) is 13.1 Å². The number of nitrogens with one attached hydrogen (secondary N) is 2. The lowest BCUT2D eigenvalue weighted by molar-refractivity contribution is 0.171. The first kappa shape index (κ1) is 18.4. The monoisotopic (exact) mass is 400 g/mol. The van der Waals surface area contributed by atoms with Crippen molar-refractivity contribution in [3.05, 3.63) is 53.3 Å². The number of carbonyl (C=O) groups excluding carboxylic acids is 1. The van der Waals surface area contributed by atoms with Gasteiger partial charge >= 0.3 is 6.03 Å². The molecule has 0 radical (unpaired) electrons. The van der Waals surface area contributed by atoms with E-state index in [1.54, 1.807) is 6.07 Å². The molecule has 1 aromatic heterocycles. The van der Waals surface area contributed by atoms with Crippen molar-refractivity contribution in [2.45, 2.75) is 19.5 Å². The third-order valence-electron chi connectivity index (χ3n) is 4.50. The van der Waals surface area contributed by atoms with Gasteiger partial charge < -0.3 is 24.7 Å². The highest BCUT2D eigenvalue weighted by atomic mass is 35.5. The maximum atomic E-state index is 12.0. The van der Waals surface area contributed by atoms with Crippen LogP contribution in [0.3, 0.4) is 0 Å². The number of imidazole rings is 1. The van der Waals surface area contributed by atoms with Gasteiger partial charge in [-0.1, -0.05) is 23.7 Å². The summed E-state index contributed by atoms with van der Waals surface area (Å²) in [6, 6.07) is 11.4. The van der Waals surface area contributed by atoms with Gasteiger partial charge in [-0.2, -0.15) is 0 Å². The first-order chi connectivity index (χ1) is 13.7. The Kier molecular flexibility index (Phi) is 5.53. The number of urea groups is 1. The number of amides is 2. The highest BCUT2D eigenvalue weighted by Gasteiger charge is 2.16. The highest BCUT2D eigenvalue weighted by molar-refractivity contribution is 6.32. The van der Waals surface area contributed by atoms with Crippen molar-refractivity contribution < 1.29 is 14.3 Å². The lowest BCUT2D eigenvalue weighted by Crippen LogP contribution is -2.35. The number of para-hydroxylation sites is 2. The molecule has 2 aromatic carbocycles. The average Bonchev–Trinajstić information content (AvgIpc) is 3.13. The molecule has 1 aliphatic rings. The maximum absolute atomic E-state index is 12.0. The number of aromatic nitrogens is 2. The second-order valence-electron chi connectivity index (χ2n) is 6.49. The summed E-state index contributed by atoms with van der Waals surface area (Å²) in [4.78, 5) is 16.4. The number of ether oxygens (including phenoxy) is 2. The van der Waals surface area contributed by atoms with E-state index >= 15 is 0 Å². The lowest BCUT2D eigenvalue weighted by atomic mass is 10.2. The molecule has 0 spiro atoms. The number of aryl methyl sites for hydroxylation is 1. The van der Waals surface area contributed by atoms with Gasteiger partial charge in [-0.25, -0.2) is 9.78 Å². The van der Waals surface area contributed by atoms with Crippen LogP contribution in [0, 0.1) is 0 Å². The normalized spacial score (nSPS) is 12.8. The Morgan fingerprint density at radius 1 is 1.18 bits per heavy atom. The molecule has 2 N–H and O–H groups in total. The number of fused-ring (bicyclic) bond motifs is 2. The van der Waals surface area contributed by atoms with Crippen molar-refractivity contribution in [3.63, 3.8) is 0 Å². The Morgan fingerprint density at radius 3 is 2.96 bits per heavy atom. The van der Waals surface area contributed by atoms with E-state index in [4.69, 9.17) is 21.1 Å². The molecular weight excluding hydrogens is 380 g/mol. The molecule has 0 saturated heterocycles. The molecule has 0 saturated carbocycles. The minimum Gasteiger partial charge on any atom is -0.486 e. The van der Waals surface area contributed by atoms with Gasteiger partial charge in [0.25, 0.3) is 0 Å². The molecule has 0 aliphatic carbocycles. The molecule has 4 rings (SSSR count). The molecule has 2 heterocycles. The van der Waals surface area contributed by atoms with E-state index in [1.165, 1.54) is 0 Å². The zero-order valence-electron chi connectivity index (χ0n) is 15.3. The number of nitrogens with zero attached hydrogens (tertiary/aromatic N) is 2. The van der Waals surface area contributed by atoms with E-state index in [1.807, 2.05) is 36.7 Å². The Hall–Kier alpha value is -2.93. The summed E-state index contributed by atoms with van der Waals surface area (Å²) in [5.74, 6) is 1.18. The molecule has 1 aliphatic heterocycles. The van der Waals surface area contributed by atoms with Gasteiger partial charge in [0.05, 0.1) is 22.4 Å². The number of hydrogen-bond donors (Lipinski definition) is 2. The Labute approximate surface area is 167 Å². The summed E-state index contributed by atoms with van der Waals surface area (Å²) in [5.41, 5.74) is 2.93. The number of benzene rings is 2. The fourth-order valence-electron chi connectivity index (χ4n) is 3.15. The summed E-state index contributed by atoms with van der Waals surface area (Å²) in [6.07, 6.45) is 2.64. The Balaban J connectivity index is 1.22. The first-order valence-corrected chi connectivity index (χ1v) is 9.58. The summed E-state index contributed by atoms with van der Waals surface area (Å²) in [6.45, 7) is 2.70. The van der Waals surface area contributed by atoms with E-state index in [0.717, 1.165) is 29.6 Å². The third kappa shape index (κ3) is 4.14. The van der Waals surface area contributed by atoms with E-state index < -0.39 is 0 Å². The van der Waals surface area contributed by atoms with Crippen LogP contribution >= 0.6 is 11.6 Å². The molecule has 8 heteroatoms. The topological polar surface area (TPSA) is 77.4 Å². The van der Waals surface area contributed by atoms with Crippen LogP contribution in [-0.4, -0.2) is 35.3 Å². The number of carbonyl (C=O) groups is 1. The zero-order valence-corrected chi connectivity index (χ0v) is 16.0. The van der Waals surface area contributed by atoms with Crippen LogP contribution in [0.2, 0.25) is 5.02 Å². The predicted octanol–water partition coefficient (Wildman–Crippen LogP) is 3.35. The molecule has 28 heavy (non-hydrogen) atoms. The molecule has 146 valence electrons. The molecule has 2 amide bonds. The summed E-state index contributed by atoms with van der Waals surface area (Å²) < 4.78 is 13.1. The minimum absolute atomic E-state index is 0.221. The van der Waals surface area contributed by atoms with Crippen LogP contribution in [0.25, 0.3) is 11.0 Å². The Bertz CT molecular complexity index is 989. The van der Waals surface area contributed by atoms with Crippen molar-refractivity contribution in [2.75, 3.05) is 19.8 Å². The van der Waals surface area contributed by atoms with E-state index in [0.29, 0.717) is 42.8 Å². The van der Waals surface area contributed by atoms with Gasteiger partial charge in [-0.15, -0.1) is 0 Å². The molecule has 3 aromatic rings. The SMILES string of the molecule is O=C(NCCCn1cnc2ccccc21)NCc1cc(Cl)c2c(c1)OCCO2. The van der Waals surface area contributed by atoms with Crippen molar-refractivity contribution in [2.24, 2.45) is 0 Å². The van der Waals surface area contributed by atoms with Gasteiger partial charge in [0.2, 0.25) is 0 Å². The standard InChI is InChI=1S/C20H21ClN4O3/c21-15-10-14(11-18-19(15)28-9-8-27-18)12-23-20(26)22-6-3-7-25-13-24-16-4-1-2-5-17(16)25/h1-2,4-5,10-11,13H,3,6-9,12H2,(H2,22,23,26). The van der Waals surface area contributed by atoms with Crippen molar-refractivity contribution in [1.29, 1.82) is 0 Å². The second-order valence-corrected chi connectivity index (χ2v) is 6.90. The number of halogens is 1. The molecule has 0 fully saturated rings. The van der Waals surface area contributed by atoms with Gasteiger partial charge in [-0.3, -0.25) is 0 Å². The Morgan fingerprint density at radius 2 is 2.04 bits per heavy atom. The summed E-state index contributed by atoms with van der Waals surface area (Å²) >= 11 is 6.21. The van der Waals surface area contributed by atoms with Gasteiger partial charge in [0, 0.05) is 19.6 Å². The molecule has 0 atom stereocenters. The van der Waals surface area contributed by atoms with Gasteiger partial charge in [0.15, 0.2) is 11.5 Å². The van der Waals surface area contributed by atoms with Crippen molar-refractivity contribution >= 4 is 28.7 Å². The predicted molar refractivity (Wildman–Crippen MR) is 107 cm³/mol. The molecule has 0 unspecified atom stereocenters. The number of hydrogen-bond acceptors (Lipinski definition) is 4. The second kappa shape index (κ2) is 8.39. The quantitative estimate of drug-likeness (QED) is 0.622. The summed E-state index contributed by atoms with van der Waals surface area (Å²) in [5, 5.41) is 6.19. The smallest absolute Gasteiger partial charge is 0.315 e. The number of rotatable bonds is 6. The van der Waals surface area contributed by atoms with Gasteiger partial charge in [-0.05, 0) is 36.2 Å². The van der Waals surface area contributed by atoms with Gasteiger partial charge in [0.1, 0.15) is 13.2 Å². The van der Waals surface area contributed by atoms with Crippen molar-refractivity contribution in [1.82, 2.24) is 20.2 Å². The molecule has 7 nitrogen and oxygen atoms in total. The van der Waals surface area contributed by atoms with E-state index in [-0.39, 0.29) is 6.03 Å². The highest BCUT2D eigenvalue weighted by Crippen LogP contribution is 2.38. The lowest BCUT2D eigenvalue weighted by Gasteiger charge is -2.20. The summed E-state index contributed by atoms with van der Waals surface area (Å²) in [7, 11) is 0. The largest absolute Gasteiger partial charge is 0.486 e. The van der Waals surface area contributed by atoms with Crippen LogP contribution in [0.15, 0.2) is 42.7 Å². The molecular formula is C20H21ClN4O3. The first-order valence-electron chi connectivity index (χ1n) is 9.20. The van der Waals surface area contributed by atoms with Crippen molar-refractivity contribution in [3.8, 4) is 11.5 Å². The fraction of sp³-hybridized carbons (Fsp3) is 0.300. The fourth-order valence-corrected chi connectivity index (χ4v) is 3.44.